The van der Waals surface area contributed by atoms with Crippen LogP contribution in [0.25, 0.3) is 0 Å². The highest BCUT2D eigenvalue weighted by Crippen LogP contribution is 2.30. The lowest BCUT2D eigenvalue weighted by Crippen LogP contribution is -1.80. The van der Waals surface area contributed by atoms with Crippen molar-refractivity contribution in [2.24, 2.45) is 0 Å². The Labute approximate surface area is 157 Å². The van der Waals surface area contributed by atoms with Crippen molar-refractivity contribution in [3.8, 4) is 0 Å². The quantitative estimate of drug-likeness (QED) is 0.384. The molecule has 22 heavy (non-hydrogen) atoms. The van der Waals surface area contributed by atoms with Crippen molar-refractivity contribution in [1.82, 2.24) is 0 Å². The molecule has 0 nitrogen and oxygen atoms in total. The Morgan fingerprint density at radius 3 is 1.23 bits per heavy atom. The van der Waals surface area contributed by atoms with Crippen molar-refractivity contribution in [3.05, 3.63) is 66.3 Å². The molecule has 0 fully saturated rings. The molecule has 0 spiro atoms. The average Bonchev–Trinajstić information content (AvgIpc) is 2.33. The molecule has 0 saturated heterocycles. The van der Waals surface area contributed by atoms with Crippen molar-refractivity contribution >= 4 is 58.0 Å². The highest BCUT2D eigenvalue weighted by molar-refractivity contribution is 6.48. The average molecular weight is 407 g/mol. The third-order valence-corrected chi connectivity index (χ3v) is 4.00. The van der Waals surface area contributed by atoms with Crippen LogP contribution in [-0.4, -0.2) is 0 Å². The summed E-state index contributed by atoms with van der Waals surface area (Å²) in [5.74, 6) is -0.547. The van der Waals surface area contributed by atoms with Crippen LogP contribution in [0.15, 0.2) is 24.3 Å². The highest BCUT2D eigenvalue weighted by atomic mass is 35.5. The Morgan fingerprint density at radius 2 is 0.909 bits per heavy atom. The lowest BCUT2D eigenvalue weighted by molar-refractivity contribution is 0.628. The SMILES string of the molecule is C.C.Cc1cc(Cl)c(Cl)c(Cl)c1.Cc1cc(Cl)c(F)c(Cl)c1. The second-order valence-electron chi connectivity index (χ2n) is 4.09. The van der Waals surface area contributed by atoms with E-state index in [1.165, 1.54) is 12.1 Å². The molecule has 0 heterocycles. The minimum atomic E-state index is -0.547. The number of benzene rings is 2. The van der Waals surface area contributed by atoms with Gasteiger partial charge in [-0.25, -0.2) is 4.39 Å². The van der Waals surface area contributed by atoms with Gasteiger partial charge in [-0.2, -0.15) is 0 Å². The van der Waals surface area contributed by atoms with E-state index in [9.17, 15) is 4.39 Å². The molecule has 0 amide bonds. The first-order valence-electron chi connectivity index (χ1n) is 5.44. The van der Waals surface area contributed by atoms with Gasteiger partial charge in [0.1, 0.15) is 0 Å². The lowest BCUT2D eigenvalue weighted by Gasteiger charge is -1.99. The Balaban J connectivity index is 0. The summed E-state index contributed by atoms with van der Waals surface area (Å²) in [6.45, 7) is 3.71. The molecule has 0 saturated carbocycles. The minimum Gasteiger partial charge on any atom is -0.204 e. The number of hydrogen-bond donors (Lipinski definition) is 0. The monoisotopic (exact) mass is 404 g/mol. The van der Waals surface area contributed by atoms with E-state index in [1.807, 2.05) is 6.92 Å². The van der Waals surface area contributed by atoms with Gasteiger partial charge in [0.2, 0.25) is 0 Å². The van der Waals surface area contributed by atoms with E-state index in [0.717, 1.165) is 11.1 Å². The van der Waals surface area contributed by atoms with Gasteiger partial charge in [-0.3, -0.25) is 0 Å². The third kappa shape index (κ3) is 6.93. The largest absolute Gasteiger partial charge is 0.204 e. The summed E-state index contributed by atoms with van der Waals surface area (Å²) in [5.41, 5.74) is 1.87. The molecular formula is C16H18Cl5F. The second kappa shape index (κ2) is 10.6. The van der Waals surface area contributed by atoms with Crippen LogP contribution in [0.1, 0.15) is 26.0 Å². The summed E-state index contributed by atoms with van der Waals surface area (Å²) in [5, 5.41) is 1.59. The standard InChI is InChI=1S/C7H5Cl3.C7H5Cl2F.2CH4/c2*1-4-2-5(8)7(10)6(9)3-4;;/h2*2-3H,1H3;2*1H4. The van der Waals surface area contributed by atoms with E-state index in [4.69, 9.17) is 58.0 Å². The van der Waals surface area contributed by atoms with Gasteiger partial charge in [0.15, 0.2) is 5.82 Å². The Hall–Kier alpha value is -0.180. The molecule has 124 valence electrons. The molecule has 0 aliphatic heterocycles. The van der Waals surface area contributed by atoms with Gasteiger partial charge in [0.05, 0.1) is 25.1 Å². The van der Waals surface area contributed by atoms with Crippen LogP contribution in [0.4, 0.5) is 4.39 Å². The molecule has 2 aromatic carbocycles. The van der Waals surface area contributed by atoms with E-state index in [2.05, 4.69) is 0 Å². The van der Waals surface area contributed by atoms with E-state index in [1.54, 1.807) is 19.1 Å². The fourth-order valence-corrected chi connectivity index (χ4v) is 2.67. The summed E-state index contributed by atoms with van der Waals surface area (Å²) < 4.78 is 12.6. The molecule has 0 aliphatic carbocycles. The molecule has 0 radical (unpaired) electrons. The maximum atomic E-state index is 12.6. The van der Waals surface area contributed by atoms with Gasteiger partial charge in [-0.05, 0) is 49.2 Å². The van der Waals surface area contributed by atoms with Crippen LogP contribution in [0.2, 0.25) is 25.1 Å². The first kappa shape index (κ1) is 24.1. The van der Waals surface area contributed by atoms with Crippen LogP contribution in [0.5, 0.6) is 0 Å². The fraction of sp³-hybridized carbons (Fsp3) is 0.250. The van der Waals surface area contributed by atoms with Crippen LogP contribution in [-0.2, 0) is 0 Å². The number of rotatable bonds is 0. The van der Waals surface area contributed by atoms with Gasteiger partial charge in [0, 0.05) is 0 Å². The molecular weight excluding hydrogens is 388 g/mol. The fourth-order valence-electron chi connectivity index (χ4n) is 1.36. The molecule has 0 aromatic heterocycles. The summed E-state index contributed by atoms with van der Waals surface area (Å²) in [4.78, 5) is 0. The lowest BCUT2D eigenvalue weighted by atomic mass is 10.2. The van der Waals surface area contributed by atoms with Crippen molar-refractivity contribution in [1.29, 1.82) is 0 Å². The molecule has 2 rings (SSSR count). The molecule has 0 unspecified atom stereocenters. The molecule has 0 bridgehead atoms. The van der Waals surface area contributed by atoms with Gasteiger partial charge in [-0.1, -0.05) is 72.9 Å². The van der Waals surface area contributed by atoms with Crippen LogP contribution >= 0.6 is 58.0 Å². The van der Waals surface area contributed by atoms with Crippen molar-refractivity contribution in [3.63, 3.8) is 0 Å². The summed E-state index contributed by atoms with van der Waals surface area (Å²) >= 11 is 28.0. The topological polar surface area (TPSA) is 0 Å². The number of halogens is 6. The second-order valence-corrected chi connectivity index (χ2v) is 6.09. The minimum absolute atomic E-state index is 0. The van der Waals surface area contributed by atoms with Crippen molar-refractivity contribution < 1.29 is 4.39 Å². The number of hydrogen-bond acceptors (Lipinski definition) is 0. The van der Waals surface area contributed by atoms with E-state index in [-0.39, 0.29) is 24.9 Å². The van der Waals surface area contributed by atoms with Crippen molar-refractivity contribution in [2.45, 2.75) is 28.7 Å². The molecule has 0 N–H and O–H groups in total. The van der Waals surface area contributed by atoms with Crippen LogP contribution in [0, 0.1) is 19.7 Å². The predicted octanol–water partition coefficient (Wildman–Crippen LogP) is 8.67. The molecule has 2 aromatic rings. The maximum Gasteiger partial charge on any atom is 0.160 e. The zero-order valence-corrected chi connectivity index (χ0v) is 14.4. The highest BCUT2D eigenvalue weighted by Gasteiger charge is 2.04. The van der Waals surface area contributed by atoms with Crippen LogP contribution < -0.4 is 0 Å². The van der Waals surface area contributed by atoms with Gasteiger partial charge < -0.3 is 0 Å². The number of aryl methyl sites for hydroxylation is 2. The molecule has 0 aliphatic rings. The Bertz CT molecular complexity index is 524. The zero-order valence-electron chi connectivity index (χ0n) is 10.6. The maximum absolute atomic E-state index is 12.6. The normalized spacial score (nSPS) is 9.09. The first-order chi connectivity index (χ1) is 9.22. The van der Waals surface area contributed by atoms with E-state index >= 15 is 0 Å². The van der Waals surface area contributed by atoms with Gasteiger partial charge >= 0.3 is 0 Å². The predicted molar refractivity (Wildman–Crippen MR) is 101 cm³/mol. The summed E-state index contributed by atoms with van der Waals surface area (Å²) in [6, 6.07) is 6.61. The molecule has 6 heteroatoms. The first-order valence-corrected chi connectivity index (χ1v) is 7.33. The van der Waals surface area contributed by atoms with Gasteiger partial charge in [0.25, 0.3) is 0 Å². The summed E-state index contributed by atoms with van der Waals surface area (Å²) in [7, 11) is 0. The Kier molecular flexibility index (Phi) is 11.6. The third-order valence-electron chi connectivity index (χ3n) is 2.26. The Morgan fingerprint density at radius 1 is 0.636 bits per heavy atom. The van der Waals surface area contributed by atoms with Gasteiger partial charge in [-0.15, -0.1) is 0 Å². The molecule has 0 atom stereocenters. The zero-order chi connectivity index (χ0) is 15.4. The smallest absolute Gasteiger partial charge is 0.160 e. The summed E-state index contributed by atoms with van der Waals surface area (Å²) in [6.07, 6.45) is 0. The van der Waals surface area contributed by atoms with Crippen molar-refractivity contribution in [2.75, 3.05) is 0 Å². The van der Waals surface area contributed by atoms with E-state index < -0.39 is 5.82 Å². The van der Waals surface area contributed by atoms with Crippen LogP contribution in [0.3, 0.4) is 0 Å². The van der Waals surface area contributed by atoms with E-state index in [0.29, 0.717) is 15.1 Å².